The van der Waals surface area contributed by atoms with Crippen molar-refractivity contribution in [2.75, 3.05) is 26.4 Å². The highest BCUT2D eigenvalue weighted by molar-refractivity contribution is 5.89. The largest absolute Gasteiger partial charge is 0.478 e. The number of carboxylic acids is 1. The van der Waals surface area contributed by atoms with Crippen molar-refractivity contribution < 1.29 is 19.7 Å². The molecule has 5 heteroatoms. The van der Waals surface area contributed by atoms with Gasteiger partial charge in [-0.05, 0) is 11.6 Å². The molecule has 1 aromatic rings. The quantitative estimate of drug-likeness (QED) is 0.575. The van der Waals surface area contributed by atoms with Gasteiger partial charge in [0.2, 0.25) is 0 Å². The van der Waals surface area contributed by atoms with Crippen LogP contribution in [-0.4, -0.2) is 42.5 Å². The molecular formula is C12H17NO4. The smallest absolute Gasteiger partial charge is 0.336 e. The minimum absolute atomic E-state index is 0.0157. The number of nitrogens with one attached hydrogen (secondary N) is 1. The van der Waals surface area contributed by atoms with E-state index in [1.165, 1.54) is 0 Å². The molecule has 0 aliphatic carbocycles. The number of aromatic carboxylic acids is 1. The second kappa shape index (κ2) is 7.78. The maximum absolute atomic E-state index is 10.9. The average molecular weight is 239 g/mol. The fourth-order valence-corrected chi connectivity index (χ4v) is 1.42. The first kappa shape index (κ1) is 13.6. The maximum atomic E-state index is 10.9. The van der Waals surface area contributed by atoms with Crippen LogP contribution in [0.2, 0.25) is 0 Å². The van der Waals surface area contributed by atoms with Gasteiger partial charge in [0.05, 0.1) is 25.4 Å². The van der Waals surface area contributed by atoms with Crippen molar-refractivity contribution in [3.8, 4) is 0 Å². The molecule has 0 fully saturated rings. The Bertz CT molecular complexity index is 354. The van der Waals surface area contributed by atoms with E-state index in [1.807, 2.05) is 6.07 Å². The molecule has 94 valence electrons. The predicted molar refractivity (Wildman–Crippen MR) is 63.0 cm³/mol. The summed E-state index contributed by atoms with van der Waals surface area (Å²) < 4.78 is 5.07. The van der Waals surface area contributed by atoms with Crippen LogP contribution >= 0.6 is 0 Å². The summed E-state index contributed by atoms with van der Waals surface area (Å²) in [5.74, 6) is -0.918. The molecule has 1 aromatic carbocycles. The molecule has 0 aliphatic rings. The van der Waals surface area contributed by atoms with Crippen LogP contribution < -0.4 is 5.32 Å². The molecule has 17 heavy (non-hydrogen) atoms. The van der Waals surface area contributed by atoms with Crippen LogP contribution in [0.5, 0.6) is 0 Å². The van der Waals surface area contributed by atoms with Crippen molar-refractivity contribution in [1.82, 2.24) is 5.32 Å². The standard InChI is InChI=1S/C12H17NO4/c14-6-8-17-7-5-13-9-10-3-1-2-4-11(10)12(15)16/h1-4,13-14H,5-9H2,(H,15,16). The van der Waals surface area contributed by atoms with Crippen molar-refractivity contribution in [3.05, 3.63) is 35.4 Å². The van der Waals surface area contributed by atoms with E-state index in [0.29, 0.717) is 31.9 Å². The summed E-state index contributed by atoms with van der Waals surface area (Å²) in [5, 5.41) is 20.5. The topological polar surface area (TPSA) is 78.8 Å². The summed E-state index contributed by atoms with van der Waals surface area (Å²) in [5.41, 5.74) is 1.07. The first-order valence-electron chi connectivity index (χ1n) is 5.46. The van der Waals surface area contributed by atoms with Crippen molar-refractivity contribution in [2.45, 2.75) is 6.54 Å². The molecular weight excluding hydrogens is 222 g/mol. The number of aliphatic hydroxyl groups excluding tert-OH is 1. The Hall–Kier alpha value is -1.43. The summed E-state index contributed by atoms with van der Waals surface area (Å²) in [6.45, 7) is 1.95. The monoisotopic (exact) mass is 239 g/mol. The van der Waals surface area contributed by atoms with Crippen molar-refractivity contribution in [3.63, 3.8) is 0 Å². The van der Waals surface area contributed by atoms with Crippen molar-refractivity contribution >= 4 is 5.97 Å². The van der Waals surface area contributed by atoms with Crippen LogP contribution in [0.1, 0.15) is 15.9 Å². The Morgan fingerprint density at radius 1 is 1.29 bits per heavy atom. The lowest BCUT2D eigenvalue weighted by molar-refractivity contribution is 0.0695. The minimum atomic E-state index is -0.918. The number of hydrogen-bond donors (Lipinski definition) is 3. The molecule has 3 N–H and O–H groups in total. The van der Waals surface area contributed by atoms with Gasteiger partial charge in [-0.2, -0.15) is 0 Å². The summed E-state index contributed by atoms with van der Waals surface area (Å²) in [4.78, 5) is 10.9. The first-order chi connectivity index (χ1) is 8.25. The van der Waals surface area contributed by atoms with Gasteiger partial charge >= 0.3 is 5.97 Å². The second-order valence-corrected chi connectivity index (χ2v) is 3.48. The van der Waals surface area contributed by atoms with Crippen molar-refractivity contribution in [2.24, 2.45) is 0 Å². The maximum Gasteiger partial charge on any atom is 0.336 e. The fourth-order valence-electron chi connectivity index (χ4n) is 1.42. The normalized spacial score (nSPS) is 10.4. The minimum Gasteiger partial charge on any atom is -0.478 e. The second-order valence-electron chi connectivity index (χ2n) is 3.48. The Morgan fingerprint density at radius 2 is 2.06 bits per heavy atom. The Balaban J connectivity index is 2.34. The third-order valence-electron chi connectivity index (χ3n) is 2.22. The average Bonchev–Trinajstić information content (AvgIpc) is 2.34. The van der Waals surface area contributed by atoms with Crippen LogP contribution in [0.25, 0.3) is 0 Å². The molecule has 0 radical (unpaired) electrons. The first-order valence-corrected chi connectivity index (χ1v) is 5.46. The summed E-state index contributed by atoms with van der Waals surface area (Å²) in [6, 6.07) is 6.88. The van der Waals surface area contributed by atoms with E-state index in [9.17, 15) is 4.79 Å². The van der Waals surface area contributed by atoms with E-state index in [4.69, 9.17) is 14.9 Å². The highest BCUT2D eigenvalue weighted by atomic mass is 16.5. The van der Waals surface area contributed by atoms with Gasteiger partial charge < -0.3 is 20.3 Å². The molecule has 0 amide bonds. The number of ether oxygens (including phenoxy) is 1. The molecule has 0 heterocycles. The molecule has 5 nitrogen and oxygen atoms in total. The zero-order chi connectivity index (χ0) is 12.5. The summed E-state index contributed by atoms with van der Waals surface area (Å²) >= 11 is 0. The predicted octanol–water partition coefficient (Wildman–Crippen LogP) is 0.483. The molecule has 0 aliphatic heterocycles. The number of benzene rings is 1. The molecule has 0 saturated heterocycles. The van der Waals surface area contributed by atoms with Crippen LogP contribution in [-0.2, 0) is 11.3 Å². The summed E-state index contributed by atoms with van der Waals surface area (Å²) in [7, 11) is 0. The van der Waals surface area contributed by atoms with Crippen LogP contribution in [0, 0.1) is 0 Å². The number of carboxylic acid groups (broad SMARTS) is 1. The number of hydrogen-bond acceptors (Lipinski definition) is 4. The molecule has 0 atom stereocenters. The molecule has 0 bridgehead atoms. The van der Waals surface area contributed by atoms with E-state index >= 15 is 0 Å². The van der Waals surface area contributed by atoms with E-state index in [0.717, 1.165) is 5.56 Å². The van der Waals surface area contributed by atoms with Crippen LogP contribution in [0.3, 0.4) is 0 Å². The lowest BCUT2D eigenvalue weighted by Gasteiger charge is -2.07. The van der Waals surface area contributed by atoms with Gasteiger partial charge in [-0.15, -0.1) is 0 Å². The van der Waals surface area contributed by atoms with Crippen LogP contribution in [0.15, 0.2) is 24.3 Å². The zero-order valence-electron chi connectivity index (χ0n) is 9.56. The van der Waals surface area contributed by atoms with E-state index in [1.54, 1.807) is 18.2 Å². The highest BCUT2D eigenvalue weighted by Gasteiger charge is 2.07. The zero-order valence-corrected chi connectivity index (χ0v) is 9.56. The highest BCUT2D eigenvalue weighted by Crippen LogP contribution is 2.07. The lowest BCUT2D eigenvalue weighted by Crippen LogP contribution is -2.21. The summed E-state index contributed by atoms with van der Waals surface area (Å²) in [6.07, 6.45) is 0. The van der Waals surface area contributed by atoms with Gasteiger partial charge in [0.1, 0.15) is 0 Å². The number of aliphatic hydroxyl groups is 1. The molecule has 0 spiro atoms. The van der Waals surface area contributed by atoms with Gasteiger partial charge in [-0.1, -0.05) is 18.2 Å². The van der Waals surface area contributed by atoms with E-state index in [2.05, 4.69) is 5.32 Å². The van der Waals surface area contributed by atoms with Gasteiger partial charge in [0, 0.05) is 13.1 Å². The Labute approximate surface area is 100 Å². The fraction of sp³-hybridized carbons (Fsp3) is 0.417. The molecule has 0 unspecified atom stereocenters. The van der Waals surface area contributed by atoms with Crippen molar-refractivity contribution in [1.29, 1.82) is 0 Å². The van der Waals surface area contributed by atoms with Gasteiger partial charge in [0.15, 0.2) is 0 Å². The number of carbonyl (C=O) groups is 1. The van der Waals surface area contributed by atoms with Gasteiger partial charge in [-0.3, -0.25) is 0 Å². The third kappa shape index (κ3) is 4.95. The lowest BCUT2D eigenvalue weighted by atomic mass is 10.1. The Morgan fingerprint density at radius 3 is 2.76 bits per heavy atom. The van der Waals surface area contributed by atoms with Crippen LogP contribution in [0.4, 0.5) is 0 Å². The third-order valence-corrected chi connectivity index (χ3v) is 2.22. The molecule has 0 aromatic heterocycles. The van der Waals surface area contributed by atoms with E-state index < -0.39 is 5.97 Å². The molecule has 0 saturated carbocycles. The molecule has 1 rings (SSSR count). The van der Waals surface area contributed by atoms with Gasteiger partial charge in [0.25, 0.3) is 0 Å². The Kier molecular flexibility index (Phi) is 6.24. The number of rotatable bonds is 8. The van der Waals surface area contributed by atoms with E-state index in [-0.39, 0.29) is 6.61 Å². The SMILES string of the molecule is O=C(O)c1ccccc1CNCCOCCO. The van der Waals surface area contributed by atoms with Gasteiger partial charge in [-0.25, -0.2) is 4.79 Å².